The van der Waals surface area contributed by atoms with Crippen LogP contribution in [0.3, 0.4) is 0 Å². The van der Waals surface area contributed by atoms with Crippen molar-refractivity contribution in [3.8, 4) is 0 Å². The predicted octanol–water partition coefficient (Wildman–Crippen LogP) is 4.08. The van der Waals surface area contributed by atoms with Crippen molar-refractivity contribution in [2.75, 3.05) is 6.54 Å². The van der Waals surface area contributed by atoms with Gasteiger partial charge in [-0.25, -0.2) is 0 Å². The Kier molecular flexibility index (Phi) is 4.71. The first-order valence-electron chi connectivity index (χ1n) is 6.93. The van der Waals surface area contributed by atoms with E-state index < -0.39 is 0 Å². The van der Waals surface area contributed by atoms with E-state index in [1.165, 1.54) is 29.3 Å². The van der Waals surface area contributed by atoms with E-state index in [1.54, 1.807) is 0 Å². The first kappa shape index (κ1) is 13.0. The third-order valence-corrected chi connectivity index (χ3v) is 3.33. The largest absolute Gasteiger partial charge is 0.309 e. The molecule has 1 atom stereocenters. The van der Waals surface area contributed by atoms with Gasteiger partial charge in [0.05, 0.1) is 11.7 Å². The summed E-state index contributed by atoms with van der Waals surface area (Å²) in [7, 11) is 0. The zero-order valence-corrected chi connectivity index (χ0v) is 11.3. The molecule has 0 aliphatic carbocycles. The lowest BCUT2D eigenvalue weighted by Crippen LogP contribution is -2.22. The van der Waals surface area contributed by atoms with Crippen molar-refractivity contribution in [1.82, 2.24) is 10.3 Å². The van der Waals surface area contributed by atoms with Crippen LogP contribution in [-0.4, -0.2) is 11.5 Å². The van der Waals surface area contributed by atoms with Crippen LogP contribution < -0.4 is 5.32 Å². The fourth-order valence-electron chi connectivity index (χ4n) is 2.41. The van der Waals surface area contributed by atoms with Gasteiger partial charge in [0.2, 0.25) is 0 Å². The molecule has 0 aliphatic rings. The smallest absolute Gasteiger partial charge is 0.0651 e. The van der Waals surface area contributed by atoms with Gasteiger partial charge in [-0.1, -0.05) is 51.0 Å². The summed E-state index contributed by atoms with van der Waals surface area (Å²) < 4.78 is 0. The third-order valence-electron chi connectivity index (χ3n) is 3.33. The van der Waals surface area contributed by atoms with Gasteiger partial charge in [0.1, 0.15) is 0 Å². The highest BCUT2D eigenvalue weighted by Gasteiger charge is 2.13. The highest BCUT2D eigenvalue weighted by molar-refractivity contribution is 5.84. The molecule has 96 valence electrons. The molecule has 0 saturated heterocycles. The lowest BCUT2D eigenvalue weighted by atomic mass is 10.0. The summed E-state index contributed by atoms with van der Waals surface area (Å²) >= 11 is 0. The predicted molar refractivity (Wildman–Crippen MR) is 77.7 cm³/mol. The van der Waals surface area contributed by atoms with Gasteiger partial charge < -0.3 is 5.32 Å². The number of benzene rings is 1. The minimum absolute atomic E-state index is 0.376. The molecule has 0 aliphatic heterocycles. The third kappa shape index (κ3) is 2.88. The second-order valence-electron chi connectivity index (χ2n) is 4.67. The molecule has 2 aromatic rings. The summed E-state index contributed by atoms with van der Waals surface area (Å²) in [6.45, 7) is 5.38. The number of nitrogens with zero attached hydrogens (tertiary/aromatic N) is 1. The Bertz CT molecular complexity index is 488. The molecule has 0 spiro atoms. The Balaban J connectivity index is 2.36. The lowest BCUT2D eigenvalue weighted by Gasteiger charge is -2.18. The summed E-state index contributed by atoms with van der Waals surface area (Å²) in [6, 6.07) is 11.0. The van der Waals surface area contributed by atoms with Gasteiger partial charge >= 0.3 is 0 Å². The summed E-state index contributed by atoms with van der Waals surface area (Å²) in [4.78, 5) is 4.62. The maximum absolute atomic E-state index is 4.62. The Morgan fingerprint density at radius 2 is 2.00 bits per heavy atom. The fourth-order valence-corrected chi connectivity index (χ4v) is 2.41. The second kappa shape index (κ2) is 6.50. The number of fused-ring (bicyclic) bond motifs is 1. The van der Waals surface area contributed by atoms with E-state index in [0.717, 1.165) is 13.0 Å². The molecule has 0 saturated carbocycles. The molecule has 0 amide bonds. The van der Waals surface area contributed by atoms with Gasteiger partial charge in [-0.05, 0) is 24.4 Å². The van der Waals surface area contributed by atoms with Crippen LogP contribution in [0, 0.1) is 0 Å². The van der Waals surface area contributed by atoms with Crippen LogP contribution in [0.2, 0.25) is 0 Å². The number of hydrogen-bond donors (Lipinski definition) is 1. The molecule has 2 nitrogen and oxygen atoms in total. The molecule has 2 heteroatoms. The van der Waals surface area contributed by atoms with E-state index in [9.17, 15) is 0 Å². The van der Waals surface area contributed by atoms with Gasteiger partial charge in [0.25, 0.3) is 0 Å². The Morgan fingerprint density at radius 1 is 1.17 bits per heavy atom. The van der Waals surface area contributed by atoms with E-state index >= 15 is 0 Å². The average molecular weight is 242 g/mol. The van der Waals surface area contributed by atoms with Crippen LogP contribution >= 0.6 is 0 Å². The van der Waals surface area contributed by atoms with E-state index in [-0.39, 0.29) is 0 Å². The van der Waals surface area contributed by atoms with Crippen molar-refractivity contribution in [1.29, 1.82) is 0 Å². The molecule has 1 unspecified atom stereocenters. The maximum Gasteiger partial charge on any atom is 0.0651 e. The minimum Gasteiger partial charge on any atom is -0.309 e. The topological polar surface area (TPSA) is 24.9 Å². The summed E-state index contributed by atoms with van der Waals surface area (Å²) in [5.74, 6) is 0. The number of nitrogens with one attached hydrogen (secondary N) is 1. The van der Waals surface area contributed by atoms with Crippen LogP contribution in [0.15, 0.2) is 36.5 Å². The van der Waals surface area contributed by atoms with E-state index in [0.29, 0.717) is 6.04 Å². The molecule has 18 heavy (non-hydrogen) atoms. The average Bonchev–Trinajstić information content (AvgIpc) is 2.43. The molecule has 0 fully saturated rings. The summed E-state index contributed by atoms with van der Waals surface area (Å²) in [5.41, 5.74) is 1.20. The first-order valence-corrected chi connectivity index (χ1v) is 6.93. The van der Waals surface area contributed by atoms with E-state index in [4.69, 9.17) is 0 Å². The molecule has 2 rings (SSSR count). The van der Waals surface area contributed by atoms with Gasteiger partial charge in [-0.3, -0.25) is 4.98 Å². The SMILES string of the molecule is CCCCC(NCC)c1nccc2ccccc12. The highest BCUT2D eigenvalue weighted by atomic mass is 14.9. The quantitative estimate of drug-likeness (QED) is 0.825. The Morgan fingerprint density at radius 3 is 2.78 bits per heavy atom. The number of pyridine rings is 1. The standard InChI is InChI=1S/C16H22N2/c1-3-5-10-15(17-4-2)16-14-9-7-6-8-13(14)11-12-18-16/h6-9,11-12,15,17H,3-5,10H2,1-2H3. The van der Waals surface area contributed by atoms with Gasteiger partial charge in [0.15, 0.2) is 0 Å². The van der Waals surface area contributed by atoms with Crippen molar-refractivity contribution < 1.29 is 0 Å². The number of aromatic nitrogens is 1. The zero-order valence-electron chi connectivity index (χ0n) is 11.3. The molecular weight excluding hydrogens is 220 g/mol. The molecule has 1 aromatic carbocycles. The van der Waals surface area contributed by atoms with Crippen LogP contribution in [0.25, 0.3) is 10.8 Å². The number of unbranched alkanes of at least 4 members (excludes halogenated alkanes) is 1. The molecule has 1 heterocycles. The molecular formula is C16H22N2. The Hall–Kier alpha value is -1.41. The van der Waals surface area contributed by atoms with Crippen LogP contribution in [-0.2, 0) is 0 Å². The van der Waals surface area contributed by atoms with Crippen molar-refractivity contribution in [2.24, 2.45) is 0 Å². The monoisotopic (exact) mass is 242 g/mol. The fraction of sp³-hybridized carbons (Fsp3) is 0.438. The zero-order chi connectivity index (χ0) is 12.8. The van der Waals surface area contributed by atoms with Crippen LogP contribution in [0.1, 0.15) is 44.8 Å². The van der Waals surface area contributed by atoms with Crippen LogP contribution in [0.5, 0.6) is 0 Å². The number of rotatable bonds is 6. The van der Waals surface area contributed by atoms with Gasteiger partial charge in [0, 0.05) is 11.6 Å². The van der Waals surface area contributed by atoms with Crippen molar-refractivity contribution >= 4 is 10.8 Å². The molecule has 0 bridgehead atoms. The lowest BCUT2D eigenvalue weighted by molar-refractivity contribution is 0.488. The van der Waals surface area contributed by atoms with E-state index in [1.807, 2.05) is 6.20 Å². The van der Waals surface area contributed by atoms with Gasteiger partial charge in [-0.2, -0.15) is 0 Å². The first-order chi connectivity index (χ1) is 8.86. The normalized spacial score (nSPS) is 12.8. The second-order valence-corrected chi connectivity index (χ2v) is 4.67. The molecule has 1 N–H and O–H groups in total. The number of hydrogen-bond acceptors (Lipinski definition) is 2. The van der Waals surface area contributed by atoms with E-state index in [2.05, 4.69) is 54.5 Å². The van der Waals surface area contributed by atoms with Crippen molar-refractivity contribution in [3.05, 3.63) is 42.2 Å². The molecule has 1 aromatic heterocycles. The van der Waals surface area contributed by atoms with Crippen molar-refractivity contribution in [3.63, 3.8) is 0 Å². The molecule has 0 radical (unpaired) electrons. The van der Waals surface area contributed by atoms with Crippen molar-refractivity contribution in [2.45, 2.75) is 39.2 Å². The van der Waals surface area contributed by atoms with Gasteiger partial charge in [-0.15, -0.1) is 0 Å². The highest BCUT2D eigenvalue weighted by Crippen LogP contribution is 2.25. The maximum atomic E-state index is 4.62. The Labute approximate surface area is 109 Å². The summed E-state index contributed by atoms with van der Waals surface area (Å²) in [5, 5.41) is 6.12. The summed E-state index contributed by atoms with van der Waals surface area (Å²) in [6.07, 6.45) is 5.55. The minimum atomic E-state index is 0.376. The van der Waals surface area contributed by atoms with Crippen LogP contribution in [0.4, 0.5) is 0 Å².